The first-order valence-electron chi connectivity index (χ1n) is 5.60. The molecule has 8 heteroatoms. The minimum absolute atomic E-state index is 0.157. The van der Waals surface area contributed by atoms with E-state index in [0.717, 1.165) is 0 Å². The van der Waals surface area contributed by atoms with E-state index in [1.165, 1.54) is 22.9 Å². The number of nitrogens with zero attached hydrogens (tertiary/aromatic N) is 4. The van der Waals surface area contributed by atoms with E-state index >= 15 is 0 Å². The van der Waals surface area contributed by atoms with Gasteiger partial charge in [-0.3, -0.25) is 4.79 Å². The lowest BCUT2D eigenvalue weighted by molar-refractivity contribution is -0.117. The molecule has 0 spiro atoms. The van der Waals surface area contributed by atoms with Gasteiger partial charge in [0, 0.05) is 5.69 Å². The molecule has 3 N–H and O–H groups in total. The van der Waals surface area contributed by atoms with Crippen LogP contribution in [0.4, 0.5) is 10.1 Å². The van der Waals surface area contributed by atoms with Crippen LogP contribution in [0.15, 0.2) is 18.2 Å². The molecule has 2 rings (SSSR count). The van der Waals surface area contributed by atoms with E-state index in [1.807, 2.05) is 0 Å². The molecular formula is C11H13FN6O. The zero-order chi connectivity index (χ0) is 14.0. The fourth-order valence-electron chi connectivity index (χ4n) is 1.46. The van der Waals surface area contributed by atoms with Crippen molar-refractivity contribution in [3.05, 3.63) is 29.8 Å². The van der Waals surface area contributed by atoms with Crippen LogP contribution in [0.25, 0.3) is 5.69 Å². The summed E-state index contributed by atoms with van der Waals surface area (Å²) in [6, 6.07) is 3.47. The number of nitrogens with one attached hydrogen (secondary N) is 1. The van der Waals surface area contributed by atoms with E-state index < -0.39 is 11.9 Å². The fourth-order valence-corrected chi connectivity index (χ4v) is 1.46. The van der Waals surface area contributed by atoms with Gasteiger partial charge >= 0.3 is 0 Å². The average Bonchev–Trinajstić information content (AvgIpc) is 2.77. The first kappa shape index (κ1) is 13.1. The van der Waals surface area contributed by atoms with Gasteiger partial charge in [0.15, 0.2) is 5.82 Å². The Labute approximate surface area is 108 Å². The third-order valence-electron chi connectivity index (χ3n) is 2.48. The zero-order valence-electron chi connectivity index (χ0n) is 10.5. The lowest BCUT2D eigenvalue weighted by atomic mass is 10.2. The van der Waals surface area contributed by atoms with Crippen molar-refractivity contribution in [1.82, 2.24) is 20.2 Å². The monoisotopic (exact) mass is 264 g/mol. The molecule has 0 bridgehead atoms. The Morgan fingerprint density at radius 2 is 2.26 bits per heavy atom. The molecule has 0 saturated carbocycles. The van der Waals surface area contributed by atoms with Crippen LogP contribution in [0.2, 0.25) is 0 Å². The predicted molar refractivity (Wildman–Crippen MR) is 66.1 cm³/mol. The van der Waals surface area contributed by atoms with Crippen LogP contribution in [0.5, 0.6) is 0 Å². The Morgan fingerprint density at radius 1 is 1.53 bits per heavy atom. The number of nitrogens with two attached hydrogens (primary N) is 1. The molecule has 1 amide bonds. The van der Waals surface area contributed by atoms with Crippen LogP contribution in [-0.2, 0) is 4.79 Å². The van der Waals surface area contributed by atoms with E-state index in [1.54, 1.807) is 13.8 Å². The van der Waals surface area contributed by atoms with Gasteiger partial charge in [0.2, 0.25) is 5.91 Å². The number of carbonyl (C=O) groups excluding carboxylic acids is 1. The van der Waals surface area contributed by atoms with Crippen LogP contribution >= 0.6 is 0 Å². The molecule has 19 heavy (non-hydrogen) atoms. The summed E-state index contributed by atoms with van der Waals surface area (Å²) in [6.07, 6.45) is 0. The Balaban J connectivity index is 2.36. The van der Waals surface area contributed by atoms with Gasteiger partial charge in [0.1, 0.15) is 11.5 Å². The number of halogens is 1. The first-order chi connectivity index (χ1) is 8.99. The van der Waals surface area contributed by atoms with Crippen LogP contribution in [0.3, 0.4) is 0 Å². The van der Waals surface area contributed by atoms with Gasteiger partial charge in [-0.25, -0.2) is 4.39 Å². The molecule has 0 aliphatic rings. The first-order valence-corrected chi connectivity index (χ1v) is 5.60. The molecule has 1 aromatic carbocycles. The summed E-state index contributed by atoms with van der Waals surface area (Å²) >= 11 is 0. The van der Waals surface area contributed by atoms with Gasteiger partial charge in [-0.15, -0.1) is 5.10 Å². The van der Waals surface area contributed by atoms with Crippen LogP contribution < -0.4 is 11.1 Å². The Bertz CT molecular complexity index is 609. The molecule has 0 saturated heterocycles. The normalized spacial score (nSPS) is 12.2. The highest BCUT2D eigenvalue weighted by molar-refractivity contribution is 5.94. The van der Waals surface area contributed by atoms with Crippen LogP contribution in [-0.4, -0.2) is 32.2 Å². The number of tetrazole rings is 1. The third-order valence-corrected chi connectivity index (χ3v) is 2.48. The molecule has 100 valence electrons. The number of hydrogen-bond donors (Lipinski definition) is 2. The molecule has 0 aliphatic heterocycles. The highest BCUT2D eigenvalue weighted by Gasteiger charge is 2.12. The van der Waals surface area contributed by atoms with Crippen molar-refractivity contribution < 1.29 is 9.18 Å². The molecule has 1 aromatic heterocycles. The smallest absolute Gasteiger partial charge is 0.240 e. The minimum Gasteiger partial charge on any atom is -0.325 e. The number of benzene rings is 1. The van der Waals surface area contributed by atoms with Crippen molar-refractivity contribution in [1.29, 1.82) is 0 Å². The second-order valence-electron chi connectivity index (χ2n) is 4.08. The molecule has 0 aliphatic carbocycles. The zero-order valence-corrected chi connectivity index (χ0v) is 10.5. The number of rotatable bonds is 3. The minimum atomic E-state index is -0.650. The number of aryl methyl sites for hydroxylation is 1. The summed E-state index contributed by atoms with van der Waals surface area (Å²) in [5.74, 6) is -0.408. The third kappa shape index (κ3) is 2.74. The predicted octanol–water partition coefficient (Wildman–Crippen LogP) is 0.396. The molecular weight excluding hydrogens is 251 g/mol. The van der Waals surface area contributed by atoms with E-state index in [4.69, 9.17) is 5.73 Å². The molecule has 0 radical (unpaired) electrons. The standard InChI is InChI=1S/C11H13FN6O/c1-6(13)11(19)14-8-3-4-9(12)10(5-8)18-7(2)15-16-17-18/h3-6H,13H2,1-2H3,(H,14,19)/t6-/m0/s1. The van der Waals surface area contributed by atoms with Crippen molar-refractivity contribution in [3.8, 4) is 5.69 Å². The van der Waals surface area contributed by atoms with E-state index in [-0.39, 0.29) is 11.6 Å². The largest absolute Gasteiger partial charge is 0.325 e. The summed E-state index contributed by atoms with van der Waals surface area (Å²) in [5, 5.41) is 13.4. The molecule has 2 aromatic rings. The van der Waals surface area contributed by atoms with Crippen molar-refractivity contribution in [3.63, 3.8) is 0 Å². The summed E-state index contributed by atoms with van der Waals surface area (Å²) in [4.78, 5) is 11.5. The van der Waals surface area contributed by atoms with Crippen molar-refractivity contribution in [2.75, 3.05) is 5.32 Å². The summed E-state index contributed by atoms with van der Waals surface area (Å²) in [7, 11) is 0. The van der Waals surface area contributed by atoms with Crippen molar-refractivity contribution in [2.24, 2.45) is 5.73 Å². The average molecular weight is 264 g/mol. The Kier molecular flexibility index (Phi) is 3.52. The molecule has 1 heterocycles. The van der Waals surface area contributed by atoms with Crippen molar-refractivity contribution in [2.45, 2.75) is 19.9 Å². The quantitative estimate of drug-likeness (QED) is 0.835. The SMILES string of the molecule is Cc1nnnn1-c1cc(NC(=O)[C@H](C)N)ccc1F. The maximum atomic E-state index is 13.8. The van der Waals surface area contributed by atoms with Crippen LogP contribution in [0, 0.1) is 12.7 Å². The summed E-state index contributed by atoms with van der Waals surface area (Å²) in [5.41, 5.74) is 6.03. The molecule has 7 nitrogen and oxygen atoms in total. The number of amides is 1. The van der Waals surface area contributed by atoms with E-state index in [2.05, 4.69) is 20.8 Å². The van der Waals surface area contributed by atoms with Gasteiger partial charge < -0.3 is 11.1 Å². The van der Waals surface area contributed by atoms with Gasteiger partial charge in [-0.2, -0.15) is 4.68 Å². The van der Waals surface area contributed by atoms with Gasteiger partial charge in [-0.1, -0.05) is 0 Å². The number of aromatic nitrogens is 4. The van der Waals surface area contributed by atoms with Crippen LogP contribution in [0.1, 0.15) is 12.7 Å². The maximum Gasteiger partial charge on any atom is 0.240 e. The highest BCUT2D eigenvalue weighted by Crippen LogP contribution is 2.18. The summed E-state index contributed by atoms with van der Waals surface area (Å²) in [6.45, 7) is 3.21. The number of hydrogen-bond acceptors (Lipinski definition) is 5. The van der Waals surface area contributed by atoms with Gasteiger partial charge in [-0.05, 0) is 42.5 Å². The lowest BCUT2D eigenvalue weighted by Gasteiger charge is -2.10. The second-order valence-corrected chi connectivity index (χ2v) is 4.08. The van der Waals surface area contributed by atoms with Gasteiger partial charge in [0.25, 0.3) is 0 Å². The Hall–Kier alpha value is -2.35. The van der Waals surface area contributed by atoms with E-state index in [0.29, 0.717) is 11.5 Å². The molecule has 0 fully saturated rings. The van der Waals surface area contributed by atoms with Crippen molar-refractivity contribution >= 4 is 11.6 Å². The number of carbonyl (C=O) groups is 1. The summed E-state index contributed by atoms with van der Waals surface area (Å²) < 4.78 is 15.0. The van der Waals surface area contributed by atoms with E-state index in [9.17, 15) is 9.18 Å². The Morgan fingerprint density at radius 3 is 2.84 bits per heavy atom. The second kappa shape index (κ2) is 5.11. The van der Waals surface area contributed by atoms with Gasteiger partial charge in [0.05, 0.1) is 6.04 Å². The maximum absolute atomic E-state index is 13.8. The topological polar surface area (TPSA) is 98.7 Å². The molecule has 0 unspecified atom stereocenters. The fraction of sp³-hybridized carbons (Fsp3) is 0.273. The molecule has 1 atom stereocenters. The highest BCUT2D eigenvalue weighted by atomic mass is 19.1. The number of anilines is 1. The lowest BCUT2D eigenvalue weighted by Crippen LogP contribution is -2.32.